The number of hydrogen-bond donors (Lipinski definition) is 2. The van der Waals surface area contributed by atoms with Gasteiger partial charge >= 0.3 is 5.97 Å². The number of nitrogens with zero attached hydrogens (tertiary/aromatic N) is 1. The molecular weight excluding hydrogens is 320 g/mol. The Morgan fingerprint density at radius 1 is 1.32 bits per heavy atom. The van der Waals surface area contributed by atoms with Crippen LogP contribution < -0.4 is 5.32 Å². The first-order valence-electron chi connectivity index (χ1n) is 8.75. The number of benzene rings is 1. The van der Waals surface area contributed by atoms with Gasteiger partial charge in [-0.1, -0.05) is 30.3 Å². The van der Waals surface area contributed by atoms with Gasteiger partial charge in [-0.2, -0.15) is 0 Å². The van der Waals surface area contributed by atoms with Crippen molar-refractivity contribution in [2.24, 2.45) is 0 Å². The van der Waals surface area contributed by atoms with E-state index in [0.717, 1.165) is 19.6 Å². The van der Waals surface area contributed by atoms with Crippen LogP contribution in [0.5, 0.6) is 0 Å². The van der Waals surface area contributed by atoms with E-state index in [4.69, 9.17) is 9.84 Å². The third kappa shape index (κ3) is 7.23. The number of ether oxygens (including phenoxy) is 1. The maximum Gasteiger partial charge on any atom is 0.303 e. The maximum absolute atomic E-state index is 12.3. The van der Waals surface area contributed by atoms with E-state index in [1.54, 1.807) is 0 Å². The lowest BCUT2D eigenvalue weighted by molar-refractivity contribution is -0.138. The first kappa shape index (κ1) is 19.4. The van der Waals surface area contributed by atoms with Crippen LogP contribution in [0, 0.1) is 0 Å². The van der Waals surface area contributed by atoms with Gasteiger partial charge in [-0.05, 0) is 25.8 Å². The lowest BCUT2D eigenvalue weighted by Crippen LogP contribution is -2.48. The largest absolute Gasteiger partial charge is 0.481 e. The summed E-state index contributed by atoms with van der Waals surface area (Å²) in [5.41, 5.74) is 0.718. The lowest BCUT2D eigenvalue weighted by atomic mass is 9.98. The minimum atomic E-state index is -0.852. The molecule has 0 saturated carbocycles. The molecule has 6 heteroatoms. The topological polar surface area (TPSA) is 78.9 Å². The number of carbonyl (C=O) groups excluding carboxylic acids is 1. The molecule has 2 N–H and O–H groups in total. The summed E-state index contributed by atoms with van der Waals surface area (Å²) >= 11 is 0. The molecule has 1 amide bonds. The summed E-state index contributed by atoms with van der Waals surface area (Å²) in [6, 6.07) is 10.3. The first-order chi connectivity index (χ1) is 11.8. The van der Waals surface area contributed by atoms with Crippen molar-refractivity contribution in [3.05, 3.63) is 35.9 Å². The predicted octanol–water partition coefficient (Wildman–Crippen LogP) is 2.04. The fourth-order valence-electron chi connectivity index (χ4n) is 3.01. The number of nitrogens with one attached hydrogen (secondary N) is 1. The van der Waals surface area contributed by atoms with E-state index in [-0.39, 0.29) is 18.4 Å². The second-order valence-electron chi connectivity index (χ2n) is 7.24. The van der Waals surface area contributed by atoms with Crippen molar-refractivity contribution in [2.45, 2.75) is 51.3 Å². The summed E-state index contributed by atoms with van der Waals surface area (Å²) in [5.74, 6) is -0.948. The Balaban J connectivity index is 1.79. The molecule has 25 heavy (non-hydrogen) atoms. The van der Waals surface area contributed by atoms with Gasteiger partial charge in [0.1, 0.15) is 0 Å². The molecule has 1 unspecified atom stereocenters. The molecule has 1 fully saturated rings. The van der Waals surface area contributed by atoms with Gasteiger partial charge in [0.2, 0.25) is 5.91 Å². The standard InChI is InChI=1S/C19H28N2O4/c1-19(2,9-8-18(23)24)20-17(22)12-16-14-21(10-11-25-16)13-15-6-4-3-5-7-15/h3-7,16H,8-14H2,1-2H3,(H,20,22)(H,23,24). The molecule has 1 saturated heterocycles. The number of amides is 1. The predicted molar refractivity (Wildman–Crippen MR) is 95.2 cm³/mol. The van der Waals surface area contributed by atoms with Crippen molar-refractivity contribution in [2.75, 3.05) is 19.7 Å². The Morgan fingerprint density at radius 3 is 2.72 bits per heavy atom. The van der Waals surface area contributed by atoms with Crippen LogP contribution in [0.3, 0.4) is 0 Å². The molecule has 0 aliphatic carbocycles. The van der Waals surface area contributed by atoms with Crippen molar-refractivity contribution >= 4 is 11.9 Å². The lowest BCUT2D eigenvalue weighted by Gasteiger charge is -2.33. The summed E-state index contributed by atoms with van der Waals surface area (Å²) in [5, 5.41) is 11.7. The molecule has 1 aromatic carbocycles. The summed E-state index contributed by atoms with van der Waals surface area (Å²) < 4.78 is 5.73. The molecule has 0 spiro atoms. The molecule has 1 aromatic rings. The minimum Gasteiger partial charge on any atom is -0.481 e. The average Bonchev–Trinajstić information content (AvgIpc) is 2.54. The Hall–Kier alpha value is -1.92. The monoisotopic (exact) mass is 348 g/mol. The van der Waals surface area contributed by atoms with E-state index in [2.05, 4.69) is 22.3 Å². The third-order valence-electron chi connectivity index (χ3n) is 4.33. The number of morpholine rings is 1. The van der Waals surface area contributed by atoms with E-state index in [9.17, 15) is 9.59 Å². The van der Waals surface area contributed by atoms with Gasteiger partial charge in [-0.25, -0.2) is 0 Å². The highest BCUT2D eigenvalue weighted by atomic mass is 16.5. The molecule has 0 aromatic heterocycles. The molecule has 1 atom stereocenters. The second-order valence-corrected chi connectivity index (χ2v) is 7.24. The Labute approximate surface area is 149 Å². The smallest absolute Gasteiger partial charge is 0.303 e. The summed E-state index contributed by atoms with van der Waals surface area (Å²) in [7, 11) is 0. The molecule has 2 rings (SSSR count). The molecule has 6 nitrogen and oxygen atoms in total. The highest BCUT2D eigenvalue weighted by molar-refractivity contribution is 5.77. The van der Waals surface area contributed by atoms with Gasteiger partial charge in [-0.15, -0.1) is 0 Å². The van der Waals surface area contributed by atoms with Crippen LogP contribution in [0.25, 0.3) is 0 Å². The van der Waals surface area contributed by atoms with Crippen molar-refractivity contribution < 1.29 is 19.4 Å². The van der Waals surface area contributed by atoms with Crippen molar-refractivity contribution in [3.63, 3.8) is 0 Å². The molecule has 0 radical (unpaired) electrons. The molecule has 1 heterocycles. The van der Waals surface area contributed by atoms with Crippen LogP contribution in [0.1, 0.15) is 38.7 Å². The quantitative estimate of drug-likeness (QED) is 0.752. The molecule has 138 valence electrons. The molecule has 1 aliphatic heterocycles. The summed E-state index contributed by atoms with van der Waals surface area (Å²) in [6.45, 7) is 6.74. The van der Waals surface area contributed by atoms with Crippen molar-refractivity contribution in [1.82, 2.24) is 10.2 Å². The average molecular weight is 348 g/mol. The molecular formula is C19H28N2O4. The maximum atomic E-state index is 12.3. The van der Waals surface area contributed by atoms with Crippen LogP contribution in [-0.4, -0.2) is 53.2 Å². The fourth-order valence-corrected chi connectivity index (χ4v) is 3.01. The van der Waals surface area contributed by atoms with Crippen LogP contribution in [0.4, 0.5) is 0 Å². The number of carboxylic acid groups (broad SMARTS) is 1. The third-order valence-corrected chi connectivity index (χ3v) is 4.33. The first-order valence-corrected chi connectivity index (χ1v) is 8.75. The Morgan fingerprint density at radius 2 is 2.04 bits per heavy atom. The van der Waals surface area contributed by atoms with Crippen molar-refractivity contribution in [1.29, 1.82) is 0 Å². The fraction of sp³-hybridized carbons (Fsp3) is 0.579. The Kier molecular flexibility index (Phi) is 6.96. The number of hydrogen-bond acceptors (Lipinski definition) is 4. The number of carbonyl (C=O) groups is 2. The van der Waals surface area contributed by atoms with Crippen LogP contribution in [0.15, 0.2) is 30.3 Å². The zero-order chi connectivity index (χ0) is 18.3. The van der Waals surface area contributed by atoms with Crippen LogP contribution >= 0.6 is 0 Å². The van der Waals surface area contributed by atoms with E-state index >= 15 is 0 Å². The van der Waals surface area contributed by atoms with E-state index < -0.39 is 11.5 Å². The molecule has 0 bridgehead atoms. The van der Waals surface area contributed by atoms with Gasteiger partial charge in [0.05, 0.1) is 19.1 Å². The zero-order valence-electron chi connectivity index (χ0n) is 15.0. The van der Waals surface area contributed by atoms with Crippen molar-refractivity contribution in [3.8, 4) is 0 Å². The van der Waals surface area contributed by atoms with Gasteiger partial charge in [0, 0.05) is 31.6 Å². The van der Waals surface area contributed by atoms with Crippen LogP contribution in [-0.2, 0) is 20.9 Å². The highest BCUT2D eigenvalue weighted by Crippen LogP contribution is 2.15. The number of carboxylic acids is 1. The zero-order valence-corrected chi connectivity index (χ0v) is 15.0. The summed E-state index contributed by atoms with van der Waals surface area (Å²) in [6.07, 6.45) is 0.604. The minimum absolute atomic E-state index is 0.0397. The normalized spacial score (nSPS) is 18.7. The van der Waals surface area contributed by atoms with E-state index in [1.807, 2.05) is 32.0 Å². The van der Waals surface area contributed by atoms with E-state index in [0.29, 0.717) is 19.4 Å². The SMILES string of the molecule is CC(C)(CCC(=O)O)NC(=O)CC1CN(Cc2ccccc2)CCO1. The van der Waals surface area contributed by atoms with Gasteiger partial charge < -0.3 is 15.2 Å². The summed E-state index contributed by atoms with van der Waals surface area (Å²) in [4.78, 5) is 25.3. The van der Waals surface area contributed by atoms with Gasteiger partial charge in [0.15, 0.2) is 0 Å². The Bertz CT molecular complexity index is 574. The molecule has 1 aliphatic rings. The number of rotatable bonds is 8. The highest BCUT2D eigenvalue weighted by Gasteiger charge is 2.26. The second kappa shape index (κ2) is 8.97. The van der Waals surface area contributed by atoms with Crippen LogP contribution in [0.2, 0.25) is 0 Å². The number of aliphatic carboxylic acids is 1. The van der Waals surface area contributed by atoms with Gasteiger partial charge in [-0.3, -0.25) is 14.5 Å². The van der Waals surface area contributed by atoms with Gasteiger partial charge in [0.25, 0.3) is 0 Å². The van der Waals surface area contributed by atoms with E-state index in [1.165, 1.54) is 5.56 Å².